The third kappa shape index (κ3) is 4.62. The molecule has 0 unspecified atom stereocenters. The largest absolute Gasteiger partial charge is 0.454 e. The van der Waals surface area contributed by atoms with Crippen molar-refractivity contribution in [2.45, 2.75) is 19.8 Å². The van der Waals surface area contributed by atoms with E-state index in [0.717, 1.165) is 12.1 Å². The van der Waals surface area contributed by atoms with E-state index in [1.54, 1.807) is 53.4 Å². The summed E-state index contributed by atoms with van der Waals surface area (Å²) in [6.45, 7) is 1.69. The molecular weight excluding hydrogens is 360 g/mol. The Bertz CT molecular complexity index is 903. The fourth-order valence-electron chi connectivity index (χ4n) is 2.94. The Morgan fingerprint density at radius 3 is 2.21 bits per heavy atom. The molecule has 3 rings (SSSR count). The average Bonchev–Trinajstić information content (AvgIpc) is 3.12. The number of hydrogen-bond donors (Lipinski definition) is 1. The third-order valence-electron chi connectivity index (χ3n) is 4.35. The number of esters is 1. The van der Waals surface area contributed by atoms with Crippen LogP contribution in [0.25, 0.3) is 0 Å². The Labute approximate surface area is 162 Å². The molecule has 0 aliphatic carbocycles. The summed E-state index contributed by atoms with van der Waals surface area (Å²) in [5.74, 6) is -1.08. The highest BCUT2D eigenvalue weighted by molar-refractivity contribution is 6.00. The molecule has 0 saturated carbocycles. The van der Waals surface area contributed by atoms with Crippen LogP contribution in [-0.4, -0.2) is 36.7 Å². The molecule has 7 heteroatoms. The molecule has 1 aliphatic rings. The van der Waals surface area contributed by atoms with Gasteiger partial charge in [0.1, 0.15) is 0 Å². The Morgan fingerprint density at radius 2 is 1.64 bits per heavy atom. The van der Waals surface area contributed by atoms with Crippen molar-refractivity contribution in [3.63, 3.8) is 0 Å². The summed E-state index contributed by atoms with van der Waals surface area (Å²) in [6.07, 6.45) is 1.37. The highest BCUT2D eigenvalue weighted by Crippen LogP contribution is 2.21. The van der Waals surface area contributed by atoms with Gasteiger partial charge >= 0.3 is 5.97 Å². The normalized spacial score (nSPS) is 13.3. The van der Waals surface area contributed by atoms with E-state index < -0.39 is 5.97 Å². The van der Waals surface area contributed by atoms with E-state index in [1.807, 2.05) is 0 Å². The number of ether oxygens (including phenoxy) is 1. The first kappa shape index (κ1) is 19.3. The molecule has 1 heterocycles. The Morgan fingerprint density at radius 1 is 1.00 bits per heavy atom. The number of rotatable bonds is 6. The summed E-state index contributed by atoms with van der Waals surface area (Å²) >= 11 is 0. The van der Waals surface area contributed by atoms with Gasteiger partial charge < -0.3 is 15.0 Å². The second-order valence-electron chi connectivity index (χ2n) is 6.45. The Kier molecular flexibility index (Phi) is 5.84. The van der Waals surface area contributed by atoms with E-state index in [9.17, 15) is 19.2 Å². The van der Waals surface area contributed by atoms with E-state index >= 15 is 0 Å². The zero-order valence-corrected chi connectivity index (χ0v) is 15.4. The molecule has 7 nitrogen and oxygen atoms in total. The standard InChI is InChI=1S/C21H20N2O5/c1-14(24)22-17-8-4-15(5-9-17)19(25)13-28-21(27)16-6-10-18(11-7-16)23-12-2-3-20(23)26/h4-11H,2-3,12-13H2,1H3,(H,22,24). The lowest BCUT2D eigenvalue weighted by molar-refractivity contribution is -0.117. The molecular formula is C21H20N2O5. The number of nitrogens with zero attached hydrogens (tertiary/aromatic N) is 1. The summed E-state index contributed by atoms with van der Waals surface area (Å²) in [5.41, 5.74) is 2.01. The topological polar surface area (TPSA) is 92.8 Å². The number of Topliss-reactive ketones (excluding diaryl/α,β-unsaturated/α-hetero) is 1. The first-order valence-corrected chi connectivity index (χ1v) is 8.92. The van der Waals surface area contributed by atoms with Crippen LogP contribution in [0, 0.1) is 0 Å². The minimum absolute atomic E-state index is 0.0745. The highest BCUT2D eigenvalue weighted by Gasteiger charge is 2.22. The second kappa shape index (κ2) is 8.47. The van der Waals surface area contributed by atoms with Gasteiger partial charge in [-0.25, -0.2) is 4.79 Å². The predicted octanol–water partition coefficient (Wildman–Crippen LogP) is 2.81. The van der Waals surface area contributed by atoms with Crippen molar-refractivity contribution in [3.8, 4) is 0 Å². The lowest BCUT2D eigenvalue weighted by Gasteiger charge is -2.15. The maximum Gasteiger partial charge on any atom is 0.338 e. The van der Waals surface area contributed by atoms with Crippen LogP contribution in [0.3, 0.4) is 0 Å². The molecule has 28 heavy (non-hydrogen) atoms. The monoisotopic (exact) mass is 380 g/mol. The Hall–Kier alpha value is -3.48. The maximum atomic E-state index is 12.2. The summed E-state index contributed by atoms with van der Waals surface area (Å²) in [5, 5.41) is 2.61. The van der Waals surface area contributed by atoms with Gasteiger partial charge in [-0.2, -0.15) is 0 Å². The predicted molar refractivity (Wildman–Crippen MR) is 103 cm³/mol. The molecule has 0 radical (unpaired) electrons. The molecule has 0 atom stereocenters. The molecule has 0 bridgehead atoms. The minimum Gasteiger partial charge on any atom is -0.454 e. The van der Waals surface area contributed by atoms with E-state index in [4.69, 9.17) is 4.74 Å². The number of amides is 2. The lowest BCUT2D eigenvalue weighted by atomic mass is 10.1. The fraction of sp³-hybridized carbons (Fsp3) is 0.238. The fourth-order valence-corrected chi connectivity index (χ4v) is 2.94. The molecule has 0 spiro atoms. The molecule has 2 aromatic carbocycles. The van der Waals surface area contributed by atoms with Crippen LogP contribution < -0.4 is 10.2 Å². The van der Waals surface area contributed by atoms with Crippen LogP contribution in [0.1, 0.15) is 40.5 Å². The van der Waals surface area contributed by atoms with Crippen molar-refractivity contribution >= 4 is 34.9 Å². The quantitative estimate of drug-likeness (QED) is 0.614. The number of hydrogen-bond acceptors (Lipinski definition) is 5. The van der Waals surface area contributed by atoms with Crippen LogP contribution in [0.15, 0.2) is 48.5 Å². The van der Waals surface area contributed by atoms with Crippen molar-refractivity contribution in [3.05, 3.63) is 59.7 Å². The number of carbonyl (C=O) groups is 4. The zero-order valence-electron chi connectivity index (χ0n) is 15.4. The number of anilines is 2. The molecule has 144 valence electrons. The molecule has 2 amide bonds. The molecule has 1 saturated heterocycles. The summed E-state index contributed by atoms with van der Waals surface area (Å²) in [4.78, 5) is 48.8. The molecule has 1 N–H and O–H groups in total. The molecule has 1 aliphatic heterocycles. The van der Waals surface area contributed by atoms with Crippen molar-refractivity contribution < 1.29 is 23.9 Å². The maximum absolute atomic E-state index is 12.2. The van der Waals surface area contributed by atoms with Gasteiger partial charge in [-0.05, 0) is 55.0 Å². The summed E-state index contributed by atoms with van der Waals surface area (Å²) in [6, 6.07) is 12.9. The van der Waals surface area contributed by atoms with Crippen molar-refractivity contribution in [2.75, 3.05) is 23.4 Å². The van der Waals surface area contributed by atoms with Gasteiger partial charge in [0, 0.05) is 36.8 Å². The summed E-state index contributed by atoms with van der Waals surface area (Å²) < 4.78 is 5.09. The van der Waals surface area contributed by atoms with Crippen LogP contribution in [0.5, 0.6) is 0 Å². The average molecular weight is 380 g/mol. The molecule has 2 aromatic rings. The van der Waals surface area contributed by atoms with E-state index in [2.05, 4.69) is 5.32 Å². The van der Waals surface area contributed by atoms with Crippen molar-refractivity contribution in [1.82, 2.24) is 0 Å². The lowest BCUT2D eigenvalue weighted by Crippen LogP contribution is -2.23. The molecule has 0 aromatic heterocycles. The SMILES string of the molecule is CC(=O)Nc1ccc(C(=O)COC(=O)c2ccc(N3CCCC3=O)cc2)cc1. The van der Waals surface area contributed by atoms with E-state index in [-0.39, 0.29) is 24.2 Å². The first-order valence-electron chi connectivity index (χ1n) is 8.92. The van der Waals surface area contributed by atoms with Crippen LogP contribution in [0.4, 0.5) is 11.4 Å². The minimum atomic E-state index is -0.609. The van der Waals surface area contributed by atoms with Crippen LogP contribution in [-0.2, 0) is 14.3 Å². The van der Waals surface area contributed by atoms with Gasteiger partial charge in [0.2, 0.25) is 11.8 Å². The summed E-state index contributed by atoms with van der Waals surface area (Å²) in [7, 11) is 0. The Balaban J connectivity index is 1.55. The first-order chi connectivity index (χ1) is 13.4. The number of ketones is 1. The van der Waals surface area contributed by atoms with Gasteiger partial charge in [0.15, 0.2) is 12.4 Å². The smallest absolute Gasteiger partial charge is 0.338 e. The van der Waals surface area contributed by atoms with Gasteiger partial charge in [-0.1, -0.05) is 0 Å². The van der Waals surface area contributed by atoms with Gasteiger partial charge in [-0.3, -0.25) is 14.4 Å². The number of carbonyl (C=O) groups excluding carboxylic acids is 4. The highest BCUT2D eigenvalue weighted by atomic mass is 16.5. The number of benzene rings is 2. The zero-order chi connectivity index (χ0) is 20.1. The van der Waals surface area contributed by atoms with Gasteiger partial charge in [0.05, 0.1) is 5.56 Å². The van der Waals surface area contributed by atoms with Crippen LogP contribution in [0.2, 0.25) is 0 Å². The van der Waals surface area contributed by atoms with E-state index in [0.29, 0.717) is 29.8 Å². The van der Waals surface area contributed by atoms with Gasteiger partial charge in [0.25, 0.3) is 0 Å². The van der Waals surface area contributed by atoms with Crippen molar-refractivity contribution in [1.29, 1.82) is 0 Å². The number of nitrogens with one attached hydrogen (secondary N) is 1. The van der Waals surface area contributed by atoms with Crippen molar-refractivity contribution in [2.24, 2.45) is 0 Å². The van der Waals surface area contributed by atoms with Gasteiger partial charge in [-0.15, -0.1) is 0 Å². The second-order valence-corrected chi connectivity index (χ2v) is 6.45. The van der Waals surface area contributed by atoms with E-state index in [1.165, 1.54) is 6.92 Å². The molecule has 1 fully saturated rings. The third-order valence-corrected chi connectivity index (χ3v) is 4.35. The van der Waals surface area contributed by atoms with Crippen LogP contribution >= 0.6 is 0 Å².